The Morgan fingerprint density at radius 3 is 2.30 bits per heavy atom. The van der Waals surface area contributed by atoms with Crippen LogP contribution in [0.5, 0.6) is 5.75 Å². The number of benzene rings is 1. The Balaban J connectivity index is 2.08. The van der Waals surface area contributed by atoms with E-state index in [9.17, 15) is 9.90 Å². The van der Waals surface area contributed by atoms with E-state index in [0.29, 0.717) is 11.5 Å². The van der Waals surface area contributed by atoms with Gasteiger partial charge in [0.1, 0.15) is 5.75 Å². The summed E-state index contributed by atoms with van der Waals surface area (Å²) in [6.45, 7) is 16.0. The molecule has 0 aliphatic heterocycles. The lowest BCUT2D eigenvalue weighted by atomic mass is 9.78. The fourth-order valence-corrected chi connectivity index (χ4v) is 3.51. The van der Waals surface area contributed by atoms with Crippen LogP contribution < -0.4 is 9.72 Å². The summed E-state index contributed by atoms with van der Waals surface area (Å²) in [6.07, 6.45) is 3.43. The van der Waals surface area contributed by atoms with Gasteiger partial charge in [0.15, 0.2) is 12.3 Å². The smallest absolute Gasteiger partial charge is 0.386 e. The molecule has 0 fully saturated rings. The zero-order valence-electron chi connectivity index (χ0n) is 18.7. The maximum atomic E-state index is 13.3. The largest absolute Gasteiger partial charge is 0.507 e. The summed E-state index contributed by atoms with van der Waals surface area (Å²) in [6, 6.07) is 9.35. The van der Waals surface area contributed by atoms with Gasteiger partial charge in [0, 0.05) is 34.1 Å². The molecule has 3 rings (SSSR count). The molecule has 1 aromatic carbocycles. The second-order valence-electron chi connectivity index (χ2n) is 9.60. The highest BCUT2D eigenvalue weighted by molar-refractivity contribution is 5.97. The van der Waals surface area contributed by atoms with Crippen molar-refractivity contribution in [2.45, 2.75) is 58.9 Å². The summed E-state index contributed by atoms with van der Waals surface area (Å²) in [5.41, 5.74) is 2.32. The monoisotopic (exact) mass is 407 g/mol. The van der Waals surface area contributed by atoms with Crippen LogP contribution in [-0.2, 0) is 17.4 Å². The van der Waals surface area contributed by atoms with E-state index in [0.717, 1.165) is 16.8 Å². The van der Waals surface area contributed by atoms with Crippen molar-refractivity contribution in [2.24, 2.45) is 0 Å². The molecule has 3 aromatic rings. The van der Waals surface area contributed by atoms with Crippen LogP contribution >= 0.6 is 0 Å². The highest BCUT2D eigenvalue weighted by Crippen LogP contribution is 2.39. The van der Waals surface area contributed by atoms with Crippen LogP contribution in [0.2, 0.25) is 0 Å². The van der Waals surface area contributed by atoms with E-state index in [1.165, 1.54) is 0 Å². The van der Waals surface area contributed by atoms with Crippen LogP contribution in [0.1, 0.15) is 63.0 Å². The molecule has 0 unspecified atom stereocenters. The Kier molecular flexibility index (Phi) is 5.46. The first-order valence-corrected chi connectivity index (χ1v) is 10.1. The fraction of sp³-hybridized carbons (Fsp3) is 0.375. The second kappa shape index (κ2) is 7.59. The zero-order valence-corrected chi connectivity index (χ0v) is 18.7. The number of anilines is 1. The first-order valence-electron chi connectivity index (χ1n) is 10.1. The summed E-state index contributed by atoms with van der Waals surface area (Å²) >= 11 is 0. The topological polar surface area (TPSA) is 71.2 Å². The summed E-state index contributed by atoms with van der Waals surface area (Å²) < 4.78 is 3.54. The minimum atomic E-state index is -0.296. The number of carbonyl (C=O) groups is 1. The van der Waals surface area contributed by atoms with Crippen LogP contribution in [0.4, 0.5) is 5.95 Å². The molecule has 30 heavy (non-hydrogen) atoms. The van der Waals surface area contributed by atoms with Gasteiger partial charge < -0.3 is 5.11 Å². The number of rotatable bonds is 5. The van der Waals surface area contributed by atoms with Gasteiger partial charge in [0.25, 0.3) is 0 Å². The van der Waals surface area contributed by atoms with Gasteiger partial charge >= 0.3 is 5.95 Å². The first kappa shape index (κ1) is 21.6. The lowest BCUT2D eigenvalue weighted by Crippen LogP contribution is -2.23. The van der Waals surface area contributed by atoms with Gasteiger partial charge in [-0.2, -0.15) is 4.40 Å². The quantitative estimate of drug-likeness (QED) is 0.487. The van der Waals surface area contributed by atoms with E-state index in [4.69, 9.17) is 0 Å². The lowest BCUT2D eigenvalue weighted by molar-refractivity contribution is -0.496. The predicted molar refractivity (Wildman–Crippen MR) is 119 cm³/mol. The minimum absolute atomic E-state index is 0.0648. The van der Waals surface area contributed by atoms with E-state index in [1.807, 2.05) is 82.5 Å². The Labute approximate surface area is 177 Å². The number of phenols is 1. The third kappa shape index (κ3) is 4.08. The number of nitrogens with zero attached hydrogens (tertiary/aromatic N) is 3. The SMILES string of the molecule is C=CNc1nn(CC(=O)c2cc(C(C)(C)C)c(O)c(C(C)(C)C)c2)c2cccc[n+]12. The molecule has 0 spiro atoms. The fourth-order valence-electron chi connectivity index (χ4n) is 3.51. The van der Waals surface area contributed by atoms with Gasteiger partial charge in [0.2, 0.25) is 5.65 Å². The molecule has 0 bridgehead atoms. The Morgan fingerprint density at radius 2 is 1.77 bits per heavy atom. The normalized spacial score (nSPS) is 12.2. The number of hydrogen-bond donors (Lipinski definition) is 2. The van der Waals surface area contributed by atoms with Crippen molar-refractivity contribution < 1.29 is 14.3 Å². The van der Waals surface area contributed by atoms with Gasteiger partial charge in [-0.15, -0.1) is 4.68 Å². The summed E-state index contributed by atoms with van der Waals surface area (Å²) in [5.74, 6) is 0.791. The first-order chi connectivity index (χ1) is 13.9. The van der Waals surface area contributed by atoms with Crippen LogP contribution in [0.15, 0.2) is 49.3 Å². The van der Waals surface area contributed by atoms with E-state index < -0.39 is 0 Å². The third-order valence-corrected chi connectivity index (χ3v) is 5.12. The molecule has 0 amide bonds. The molecule has 0 radical (unpaired) electrons. The molecule has 6 nitrogen and oxygen atoms in total. The van der Waals surface area contributed by atoms with Crippen molar-refractivity contribution >= 4 is 17.4 Å². The number of aromatic nitrogens is 3. The van der Waals surface area contributed by atoms with Crippen molar-refractivity contribution in [3.8, 4) is 5.75 Å². The number of ketones is 1. The van der Waals surface area contributed by atoms with Crippen molar-refractivity contribution in [2.75, 3.05) is 5.32 Å². The Morgan fingerprint density at radius 1 is 1.17 bits per heavy atom. The summed E-state index contributed by atoms with van der Waals surface area (Å²) in [4.78, 5) is 13.3. The molecule has 0 atom stereocenters. The number of fused-ring (bicyclic) bond motifs is 1. The summed E-state index contributed by atoms with van der Waals surface area (Å²) in [7, 11) is 0. The molecule has 0 saturated carbocycles. The van der Waals surface area contributed by atoms with Gasteiger partial charge in [-0.05, 0) is 29.0 Å². The maximum absolute atomic E-state index is 13.3. The van der Waals surface area contributed by atoms with Crippen molar-refractivity contribution in [1.82, 2.24) is 9.78 Å². The standard InChI is InChI=1S/C24H30N4O2/c1-8-25-22-26-28(20-11-9-10-12-27(20)22)15-19(29)16-13-17(23(2,3)4)21(30)18(14-16)24(5,6)7/h8-14H,1,15H2,2-7H3,(H-,25,26,29,30)/p+1. The number of phenolic OH excluding ortho intramolecular Hbond substituents is 1. The maximum Gasteiger partial charge on any atom is 0.386 e. The molecule has 0 aliphatic rings. The van der Waals surface area contributed by atoms with Crippen LogP contribution in [-0.4, -0.2) is 20.7 Å². The highest BCUT2D eigenvalue weighted by atomic mass is 16.3. The van der Waals surface area contributed by atoms with Crippen molar-refractivity contribution in [1.29, 1.82) is 0 Å². The molecule has 158 valence electrons. The van der Waals surface area contributed by atoms with E-state index in [2.05, 4.69) is 17.0 Å². The predicted octanol–water partition coefficient (Wildman–Crippen LogP) is 4.36. The molecule has 0 aliphatic carbocycles. The van der Waals surface area contributed by atoms with Gasteiger partial charge in [-0.3, -0.25) is 10.1 Å². The van der Waals surface area contributed by atoms with Crippen LogP contribution in [0, 0.1) is 0 Å². The molecule has 0 saturated heterocycles. The molecule has 2 heterocycles. The van der Waals surface area contributed by atoms with Crippen LogP contribution in [0.3, 0.4) is 0 Å². The molecular weight excluding hydrogens is 376 g/mol. The Hall–Kier alpha value is -3.15. The zero-order chi connectivity index (χ0) is 22.3. The average Bonchev–Trinajstić information content (AvgIpc) is 2.98. The number of carbonyl (C=O) groups excluding carboxylic acids is 1. The van der Waals surface area contributed by atoms with E-state index >= 15 is 0 Å². The average molecular weight is 408 g/mol. The molecular formula is C24H31N4O2+. The number of aromatic hydroxyl groups is 1. The number of pyridine rings is 1. The molecule has 2 aromatic heterocycles. The van der Waals surface area contributed by atoms with Crippen molar-refractivity contribution in [3.05, 3.63) is 66.0 Å². The van der Waals surface area contributed by atoms with Gasteiger partial charge in [-0.1, -0.05) is 54.2 Å². The third-order valence-electron chi connectivity index (χ3n) is 5.12. The Bertz CT molecular complexity index is 1080. The molecule has 6 heteroatoms. The molecule has 2 N–H and O–H groups in total. The number of nitrogens with one attached hydrogen (secondary N) is 1. The lowest BCUT2D eigenvalue weighted by Gasteiger charge is -2.28. The van der Waals surface area contributed by atoms with Gasteiger partial charge in [-0.25, -0.2) is 0 Å². The van der Waals surface area contributed by atoms with Gasteiger partial charge in [0.05, 0.1) is 6.20 Å². The highest BCUT2D eigenvalue weighted by Gasteiger charge is 2.28. The van der Waals surface area contributed by atoms with E-state index in [1.54, 1.807) is 10.9 Å². The number of Topliss-reactive ketones (excluding diaryl/α,β-unsaturated/α-hetero) is 1. The van der Waals surface area contributed by atoms with E-state index in [-0.39, 0.29) is 28.9 Å². The second-order valence-corrected chi connectivity index (χ2v) is 9.60. The van der Waals surface area contributed by atoms with Crippen LogP contribution in [0.25, 0.3) is 5.65 Å². The summed E-state index contributed by atoms with van der Waals surface area (Å²) in [5, 5.41) is 18.4. The van der Waals surface area contributed by atoms with Crippen molar-refractivity contribution in [3.63, 3.8) is 0 Å². The number of hydrogen-bond acceptors (Lipinski definition) is 4. The minimum Gasteiger partial charge on any atom is -0.507 e.